The first-order valence-electron chi connectivity index (χ1n) is 9.46. The summed E-state index contributed by atoms with van der Waals surface area (Å²) in [5.41, 5.74) is 1.12. The van der Waals surface area contributed by atoms with Crippen molar-refractivity contribution in [1.29, 1.82) is 0 Å². The monoisotopic (exact) mass is 367 g/mol. The van der Waals surface area contributed by atoms with E-state index in [4.69, 9.17) is 21.1 Å². The number of halogens is 1. The van der Waals surface area contributed by atoms with Crippen LogP contribution in [0.1, 0.15) is 25.8 Å². The Hall–Kier alpha value is -1.01. The smallest absolute Gasteiger partial charge is 0.162 e. The lowest BCUT2D eigenvalue weighted by molar-refractivity contribution is 0.0981. The van der Waals surface area contributed by atoms with E-state index in [0.29, 0.717) is 13.2 Å². The number of hydrogen-bond acceptors (Lipinski definition) is 5. The first kappa shape index (κ1) is 18.8. The fourth-order valence-electron chi connectivity index (χ4n) is 3.71. The van der Waals surface area contributed by atoms with E-state index >= 15 is 0 Å². The van der Waals surface area contributed by atoms with Crippen molar-refractivity contribution in [2.24, 2.45) is 0 Å². The number of rotatable bonds is 7. The van der Waals surface area contributed by atoms with Crippen LogP contribution in [0.25, 0.3) is 0 Å². The summed E-state index contributed by atoms with van der Waals surface area (Å²) in [6.07, 6.45) is 1.28. The molecule has 2 aliphatic heterocycles. The quantitative estimate of drug-likeness (QED) is 0.801. The van der Waals surface area contributed by atoms with Crippen LogP contribution in [-0.4, -0.2) is 68.3 Å². The molecule has 5 nitrogen and oxygen atoms in total. The highest BCUT2D eigenvalue weighted by Crippen LogP contribution is 2.34. The minimum atomic E-state index is 0.605. The van der Waals surface area contributed by atoms with Crippen LogP contribution < -0.4 is 14.8 Å². The number of ether oxygens (including phenoxy) is 2. The molecule has 0 aromatic heterocycles. The number of piperazine rings is 1. The summed E-state index contributed by atoms with van der Waals surface area (Å²) in [5.74, 6) is 1.52. The Bertz CT molecular complexity index is 556. The minimum Gasteiger partial charge on any atom is -0.490 e. The normalized spacial score (nSPS) is 22.3. The largest absolute Gasteiger partial charge is 0.490 e. The average Bonchev–Trinajstić information content (AvgIpc) is 3.14. The van der Waals surface area contributed by atoms with Crippen LogP contribution in [0.5, 0.6) is 11.5 Å². The topological polar surface area (TPSA) is 37.0 Å². The molecule has 2 aliphatic rings. The van der Waals surface area contributed by atoms with Gasteiger partial charge in [0.2, 0.25) is 0 Å². The van der Waals surface area contributed by atoms with Crippen molar-refractivity contribution in [2.45, 2.75) is 32.9 Å². The minimum absolute atomic E-state index is 0.605. The molecule has 0 amide bonds. The van der Waals surface area contributed by atoms with Gasteiger partial charge in [-0.1, -0.05) is 11.6 Å². The van der Waals surface area contributed by atoms with Crippen LogP contribution in [0.2, 0.25) is 5.02 Å². The van der Waals surface area contributed by atoms with Gasteiger partial charge in [0.15, 0.2) is 11.5 Å². The molecule has 0 bridgehead atoms. The molecule has 2 fully saturated rings. The van der Waals surface area contributed by atoms with Gasteiger partial charge in [0, 0.05) is 56.4 Å². The van der Waals surface area contributed by atoms with Gasteiger partial charge in [-0.2, -0.15) is 0 Å². The van der Waals surface area contributed by atoms with E-state index < -0.39 is 0 Å². The van der Waals surface area contributed by atoms with Gasteiger partial charge in [-0.3, -0.25) is 9.80 Å². The second-order valence-electron chi connectivity index (χ2n) is 6.72. The van der Waals surface area contributed by atoms with Gasteiger partial charge in [-0.25, -0.2) is 0 Å². The van der Waals surface area contributed by atoms with E-state index in [0.717, 1.165) is 73.9 Å². The number of hydrogen-bond donors (Lipinski definition) is 1. The van der Waals surface area contributed by atoms with E-state index in [2.05, 4.69) is 15.1 Å². The molecule has 1 atom stereocenters. The summed E-state index contributed by atoms with van der Waals surface area (Å²) in [7, 11) is 0. The second-order valence-corrected chi connectivity index (χ2v) is 7.12. The molecule has 25 heavy (non-hydrogen) atoms. The maximum atomic E-state index is 6.51. The van der Waals surface area contributed by atoms with Crippen LogP contribution in [-0.2, 0) is 6.54 Å². The molecule has 6 heteroatoms. The highest BCUT2D eigenvalue weighted by molar-refractivity contribution is 6.31. The van der Waals surface area contributed by atoms with E-state index in [1.54, 1.807) is 0 Å². The van der Waals surface area contributed by atoms with Crippen molar-refractivity contribution >= 4 is 11.6 Å². The Morgan fingerprint density at radius 2 is 1.76 bits per heavy atom. The van der Waals surface area contributed by atoms with Crippen molar-refractivity contribution in [1.82, 2.24) is 15.1 Å². The molecule has 2 saturated heterocycles. The Morgan fingerprint density at radius 1 is 1.08 bits per heavy atom. The van der Waals surface area contributed by atoms with Gasteiger partial charge in [-0.05, 0) is 38.4 Å². The van der Waals surface area contributed by atoms with Gasteiger partial charge in [0.05, 0.1) is 13.2 Å². The lowest BCUT2D eigenvalue weighted by Crippen LogP contribution is -2.50. The van der Waals surface area contributed by atoms with Crippen molar-refractivity contribution in [2.75, 3.05) is 52.5 Å². The summed E-state index contributed by atoms with van der Waals surface area (Å²) >= 11 is 6.51. The van der Waals surface area contributed by atoms with E-state index in [-0.39, 0.29) is 0 Å². The van der Waals surface area contributed by atoms with E-state index in [1.807, 2.05) is 26.0 Å². The SMILES string of the molecule is CCOc1cc(Cl)c(CN2CCN([C@@H]3CCNC3)CC2)cc1OCC. The zero-order valence-electron chi connectivity index (χ0n) is 15.4. The van der Waals surface area contributed by atoms with Gasteiger partial charge >= 0.3 is 0 Å². The molecule has 3 rings (SSSR count). The Labute approximate surface area is 156 Å². The van der Waals surface area contributed by atoms with Gasteiger partial charge in [-0.15, -0.1) is 0 Å². The molecule has 0 spiro atoms. The highest BCUT2D eigenvalue weighted by Gasteiger charge is 2.26. The van der Waals surface area contributed by atoms with E-state index in [9.17, 15) is 0 Å². The summed E-state index contributed by atoms with van der Waals surface area (Å²) in [4.78, 5) is 5.11. The van der Waals surface area contributed by atoms with Gasteiger partial charge in [0.1, 0.15) is 0 Å². The molecule has 0 unspecified atom stereocenters. The first-order valence-corrected chi connectivity index (χ1v) is 9.84. The zero-order chi connectivity index (χ0) is 17.6. The third kappa shape index (κ3) is 4.79. The lowest BCUT2D eigenvalue weighted by Gasteiger charge is -2.38. The van der Waals surface area contributed by atoms with E-state index in [1.165, 1.54) is 6.42 Å². The third-order valence-electron chi connectivity index (χ3n) is 5.06. The van der Waals surface area contributed by atoms with Crippen LogP contribution >= 0.6 is 11.6 Å². The molecule has 1 N–H and O–H groups in total. The molecule has 0 saturated carbocycles. The van der Waals surface area contributed by atoms with Crippen LogP contribution in [0, 0.1) is 0 Å². The fourth-order valence-corrected chi connectivity index (χ4v) is 3.93. The first-order chi connectivity index (χ1) is 12.2. The Morgan fingerprint density at radius 3 is 2.36 bits per heavy atom. The highest BCUT2D eigenvalue weighted by atomic mass is 35.5. The molecule has 2 heterocycles. The number of nitrogens with zero attached hydrogens (tertiary/aromatic N) is 2. The number of nitrogens with one attached hydrogen (secondary N) is 1. The molecule has 1 aromatic carbocycles. The maximum absolute atomic E-state index is 6.51. The zero-order valence-corrected chi connectivity index (χ0v) is 16.1. The molecular weight excluding hydrogens is 338 g/mol. The summed E-state index contributed by atoms with van der Waals surface area (Å²) in [5, 5.41) is 4.22. The molecule has 140 valence electrons. The molecule has 0 radical (unpaired) electrons. The fraction of sp³-hybridized carbons (Fsp3) is 0.684. The molecule has 0 aliphatic carbocycles. The molecule has 1 aromatic rings. The molecular formula is C19H30ClN3O2. The average molecular weight is 368 g/mol. The number of benzene rings is 1. The predicted octanol–water partition coefficient (Wildman–Crippen LogP) is 2.62. The lowest BCUT2D eigenvalue weighted by atomic mass is 10.1. The maximum Gasteiger partial charge on any atom is 0.162 e. The van der Waals surface area contributed by atoms with Crippen LogP contribution in [0.3, 0.4) is 0 Å². The van der Waals surface area contributed by atoms with Crippen molar-refractivity contribution in [3.63, 3.8) is 0 Å². The van der Waals surface area contributed by atoms with Crippen molar-refractivity contribution in [3.05, 3.63) is 22.7 Å². The van der Waals surface area contributed by atoms with Crippen molar-refractivity contribution in [3.8, 4) is 11.5 Å². The van der Waals surface area contributed by atoms with Crippen LogP contribution in [0.4, 0.5) is 0 Å². The standard InChI is InChI=1S/C19H30ClN3O2/c1-3-24-18-11-15(17(20)12-19(18)25-4-2)14-22-7-9-23(10-8-22)16-5-6-21-13-16/h11-12,16,21H,3-10,13-14H2,1-2H3/t16-/m1/s1. The van der Waals surface area contributed by atoms with Gasteiger partial charge in [0.25, 0.3) is 0 Å². The Kier molecular flexibility index (Phi) is 6.82. The summed E-state index contributed by atoms with van der Waals surface area (Å²) in [6.45, 7) is 12.8. The van der Waals surface area contributed by atoms with Crippen molar-refractivity contribution < 1.29 is 9.47 Å². The van der Waals surface area contributed by atoms with Gasteiger partial charge < -0.3 is 14.8 Å². The third-order valence-corrected chi connectivity index (χ3v) is 5.42. The summed E-state index contributed by atoms with van der Waals surface area (Å²) in [6, 6.07) is 4.66. The second kappa shape index (κ2) is 9.08. The predicted molar refractivity (Wildman–Crippen MR) is 102 cm³/mol. The van der Waals surface area contributed by atoms with Crippen LogP contribution in [0.15, 0.2) is 12.1 Å². The summed E-state index contributed by atoms with van der Waals surface area (Å²) < 4.78 is 11.4. The Balaban J connectivity index is 1.61.